The van der Waals surface area contributed by atoms with Gasteiger partial charge in [-0.2, -0.15) is 0 Å². The number of aryl methyl sites for hydroxylation is 1. The second-order valence-corrected chi connectivity index (χ2v) is 5.30. The van der Waals surface area contributed by atoms with Crippen LogP contribution < -0.4 is 5.32 Å². The third-order valence-electron chi connectivity index (χ3n) is 2.52. The van der Waals surface area contributed by atoms with Crippen LogP contribution in [0.2, 0.25) is 5.15 Å². The van der Waals surface area contributed by atoms with E-state index in [2.05, 4.69) is 27.2 Å². The topological polar surface area (TPSA) is 50.7 Å². The lowest BCUT2D eigenvalue weighted by atomic mass is 10.3. The van der Waals surface area contributed by atoms with Crippen LogP contribution in [0.15, 0.2) is 11.7 Å². The van der Waals surface area contributed by atoms with Gasteiger partial charge in [0.1, 0.15) is 16.8 Å². The molecule has 0 spiro atoms. The van der Waals surface area contributed by atoms with E-state index in [1.165, 1.54) is 4.88 Å². The fourth-order valence-electron chi connectivity index (χ4n) is 1.54. The van der Waals surface area contributed by atoms with Gasteiger partial charge in [0.25, 0.3) is 0 Å². The van der Waals surface area contributed by atoms with Crippen LogP contribution in [0.5, 0.6) is 0 Å². The Morgan fingerprint density at radius 2 is 2.22 bits per heavy atom. The average molecular weight is 283 g/mol. The second kappa shape index (κ2) is 6.11. The second-order valence-electron chi connectivity index (χ2n) is 3.98. The van der Waals surface area contributed by atoms with Crippen LogP contribution in [0.3, 0.4) is 0 Å². The minimum Gasteiger partial charge on any atom is -0.365 e. The Morgan fingerprint density at radius 1 is 1.39 bits per heavy atom. The first-order valence-corrected chi connectivity index (χ1v) is 7.10. The van der Waals surface area contributed by atoms with Crippen molar-refractivity contribution in [3.63, 3.8) is 0 Å². The highest BCUT2D eigenvalue weighted by atomic mass is 35.5. The quantitative estimate of drug-likeness (QED) is 0.853. The highest BCUT2D eigenvalue weighted by molar-refractivity contribution is 7.09. The summed E-state index contributed by atoms with van der Waals surface area (Å²) in [6.07, 6.45) is 3.70. The molecule has 0 radical (unpaired) electrons. The Balaban J connectivity index is 2.15. The van der Waals surface area contributed by atoms with Crippen LogP contribution in [0.1, 0.15) is 29.6 Å². The van der Waals surface area contributed by atoms with Crippen molar-refractivity contribution in [2.24, 2.45) is 0 Å². The third kappa shape index (κ3) is 3.17. The molecule has 2 heterocycles. The molecule has 18 heavy (non-hydrogen) atoms. The van der Waals surface area contributed by atoms with Crippen LogP contribution >= 0.6 is 22.9 Å². The zero-order valence-corrected chi connectivity index (χ0v) is 12.0. The first-order chi connectivity index (χ1) is 8.70. The summed E-state index contributed by atoms with van der Waals surface area (Å²) in [5, 5.41) is 3.82. The van der Waals surface area contributed by atoms with Crippen molar-refractivity contribution < 1.29 is 0 Å². The molecule has 0 aliphatic heterocycles. The number of halogens is 1. The smallest absolute Gasteiger partial charge is 0.137 e. The van der Waals surface area contributed by atoms with Crippen molar-refractivity contribution >= 4 is 28.8 Å². The zero-order valence-electron chi connectivity index (χ0n) is 10.4. The normalized spacial score (nSPS) is 10.6. The largest absolute Gasteiger partial charge is 0.365 e. The summed E-state index contributed by atoms with van der Waals surface area (Å²) >= 11 is 7.73. The highest BCUT2D eigenvalue weighted by Crippen LogP contribution is 2.21. The number of hydrogen-bond acceptors (Lipinski definition) is 5. The van der Waals surface area contributed by atoms with Crippen LogP contribution in [0.25, 0.3) is 0 Å². The van der Waals surface area contributed by atoms with E-state index in [9.17, 15) is 0 Å². The monoisotopic (exact) mass is 282 g/mol. The Kier molecular flexibility index (Phi) is 4.49. The molecule has 1 N–H and O–H groups in total. The number of rotatable bonds is 5. The van der Waals surface area contributed by atoms with Gasteiger partial charge in [0.15, 0.2) is 0 Å². The summed E-state index contributed by atoms with van der Waals surface area (Å²) in [5.41, 5.74) is 2.71. The van der Waals surface area contributed by atoms with Crippen molar-refractivity contribution in [3.05, 3.63) is 33.1 Å². The number of nitrogens with one attached hydrogen (secondary N) is 1. The summed E-state index contributed by atoms with van der Waals surface area (Å²) in [6.45, 7) is 4.74. The van der Waals surface area contributed by atoms with Crippen molar-refractivity contribution in [1.29, 1.82) is 0 Å². The van der Waals surface area contributed by atoms with E-state index in [0.717, 1.165) is 30.0 Å². The lowest BCUT2D eigenvalue weighted by molar-refractivity contribution is 0.830. The molecule has 0 atom stereocenters. The number of anilines is 1. The minimum atomic E-state index is 0.528. The molecule has 2 aromatic heterocycles. The summed E-state index contributed by atoms with van der Waals surface area (Å²) in [4.78, 5) is 14.0. The molecule has 0 saturated heterocycles. The molecule has 2 rings (SSSR count). The molecule has 0 unspecified atom stereocenters. The molecular formula is C12H15ClN4S. The van der Waals surface area contributed by atoms with E-state index < -0.39 is 0 Å². The summed E-state index contributed by atoms with van der Waals surface area (Å²) in [7, 11) is 0. The minimum absolute atomic E-state index is 0.528. The van der Waals surface area contributed by atoms with Gasteiger partial charge in [-0.05, 0) is 13.3 Å². The Labute approximate surface area is 115 Å². The Morgan fingerprint density at radius 3 is 2.89 bits per heavy atom. The molecule has 4 nitrogen and oxygen atoms in total. The predicted octanol–water partition coefficient (Wildman–Crippen LogP) is 3.46. The van der Waals surface area contributed by atoms with Gasteiger partial charge >= 0.3 is 0 Å². The molecule has 0 saturated carbocycles. The zero-order chi connectivity index (χ0) is 13.0. The molecule has 0 aliphatic rings. The summed E-state index contributed by atoms with van der Waals surface area (Å²) < 4.78 is 0. The number of thiazole rings is 1. The van der Waals surface area contributed by atoms with Crippen molar-refractivity contribution in [2.75, 3.05) is 5.32 Å². The number of nitrogens with zero attached hydrogens (tertiary/aromatic N) is 3. The number of hydrogen-bond donors (Lipinski definition) is 1. The van der Waals surface area contributed by atoms with E-state index in [4.69, 9.17) is 11.6 Å². The maximum atomic E-state index is 6.11. The summed E-state index contributed by atoms with van der Waals surface area (Å²) in [6, 6.07) is 0. The van der Waals surface area contributed by atoms with Gasteiger partial charge in [0, 0.05) is 23.1 Å². The van der Waals surface area contributed by atoms with Crippen molar-refractivity contribution in [1.82, 2.24) is 15.0 Å². The molecule has 96 valence electrons. The lowest BCUT2D eigenvalue weighted by Gasteiger charge is -2.10. The fraction of sp³-hybridized carbons (Fsp3) is 0.417. The first kappa shape index (κ1) is 13.2. The number of aromatic nitrogens is 3. The fourth-order valence-corrected chi connectivity index (χ4v) is 2.26. The third-order valence-corrected chi connectivity index (χ3v) is 3.67. The van der Waals surface area contributed by atoms with E-state index in [-0.39, 0.29) is 0 Å². The molecule has 0 fully saturated rings. The Hall–Kier alpha value is -1.20. The Bertz CT molecular complexity index is 513. The van der Waals surface area contributed by atoms with E-state index in [1.807, 2.05) is 18.6 Å². The lowest BCUT2D eigenvalue weighted by Crippen LogP contribution is -2.06. The van der Waals surface area contributed by atoms with Gasteiger partial charge in [-0.1, -0.05) is 18.5 Å². The van der Waals surface area contributed by atoms with Crippen LogP contribution in [0.4, 0.5) is 5.82 Å². The van der Waals surface area contributed by atoms with Crippen LogP contribution in [0, 0.1) is 6.92 Å². The van der Waals surface area contributed by atoms with E-state index in [1.54, 1.807) is 11.3 Å². The van der Waals surface area contributed by atoms with E-state index >= 15 is 0 Å². The van der Waals surface area contributed by atoms with Crippen molar-refractivity contribution in [3.8, 4) is 0 Å². The first-order valence-electron chi connectivity index (χ1n) is 5.85. The van der Waals surface area contributed by atoms with Crippen LogP contribution in [-0.2, 0) is 13.0 Å². The van der Waals surface area contributed by atoms with Gasteiger partial charge in [-0.15, -0.1) is 11.3 Å². The van der Waals surface area contributed by atoms with Gasteiger partial charge < -0.3 is 5.32 Å². The molecule has 2 aromatic rings. The SMILES string of the molecule is CCCc1nc(Cl)c(C)c(NCc2cncs2)n1. The maximum absolute atomic E-state index is 6.11. The molecule has 0 bridgehead atoms. The van der Waals surface area contributed by atoms with Gasteiger partial charge in [0.2, 0.25) is 0 Å². The molecule has 6 heteroatoms. The molecule has 0 aromatic carbocycles. The van der Waals surface area contributed by atoms with Gasteiger partial charge in [0.05, 0.1) is 12.1 Å². The predicted molar refractivity (Wildman–Crippen MR) is 75.2 cm³/mol. The van der Waals surface area contributed by atoms with Crippen molar-refractivity contribution in [2.45, 2.75) is 33.2 Å². The standard InChI is InChI=1S/C12H15ClN4S/c1-3-4-10-16-11(13)8(2)12(17-10)15-6-9-5-14-7-18-9/h5,7H,3-4,6H2,1-2H3,(H,15,16,17). The van der Waals surface area contributed by atoms with Crippen LogP contribution in [-0.4, -0.2) is 15.0 Å². The summed E-state index contributed by atoms with van der Waals surface area (Å²) in [5.74, 6) is 1.60. The molecule has 0 aliphatic carbocycles. The highest BCUT2D eigenvalue weighted by Gasteiger charge is 2.09. The van der Waals surface area contributed by atoms with Gasteiger partial charge in [-0.3, -0.25) is 4.98 Å². The van der Waals surface area contributed by atoms with E-state index in [0.29, 0.717) is 11.7 Å². The molecule has 0 amide bonds. The average Bonchev–Trinajstić information content (AvgIpc) is 2.85. The maximum Gasteiger partial charge on any atom is 0.137 e. The van der Waals surface area contributed by atoms with Gasteiger partial charge in [-0.25, -0.2) is 9.97 Å². The molecular weight excluding hydrogens is 268 g/mol.